The molecule has 5 heteroatoms. The maximum Gasteiger partial charge on any atom is 0.239 e. The molecule has 1 rings (SSSR count). The molecule has 0 aliphatic rings. The van der Waals surface area contributed by atoms with Gasteiger partial charge >= 0.3 is 0 Å². The number of carbonyl (C=O) groups excluding carboxylic acids is 1. The van der Waals surface area contributed by atoms with Gasteiger partial charge in [-0.15, -0.1) is 0 Å². The van der Waals surface area contributed by atoms with Crippen molar-refractivity contribution in [1.82, 2.24) is 10.2 Å². The zero-order valence-corrected chi connectivity index (χ0v) is 15.8. The van der Waals surface area contributed by atoms with Crippen molar-refractivity contribution in [3.8, 4) is 5.75 Å². The van der Waals surface area contributed by atoms with Gasteiger partial charge in [-0.05, 0) is 44.1 Å². The van der Waals surface area contributed by atoms with Crippen molar-refractivity contribution in [1.29, 1.82) is 0 Å². The summed E-state index contributed by atoms with van der Waals surface area (Å²) in [5, 5.41) is 3.05. The first-order chi connectivity index (χ1) is 11.4. The number of ether oxygens (including phenoxy) is 1. The first-order valence-electron chi connectivity index (χ1n) is 8.84. The van der Waals surface area contributed by atoms with Crippen LogP contribution in [0.25, 0.3) is 0 Å². The topological polar surface area (TPSA) is 67.6 Å². The number of methoxy groups -OCH3 is 1. The number of nitrogens with one attached hydrogen (secondary N) is 1. The van der Waals surface area contributed by atoms with Gasteiger partial charge in [0.2, 0.25) is 5.91 Å². The molecule has 0 aliphatic carbocycles. The minimum absolute atomic E-state index is 0.0931. The molecule has 0 aromatic heterocycles. The molecule has 3 N–H and O–H groups in total. The van der Waals surface area contributed by atoms with Crippen molar-refractivity contribution < 1.29 is 9.53 Å². The van der Waals surface area contributed by atoms with Crippen molar-refractivity contribution in [2.75, 3.05) is 26.7 Å². The van der Waals surface area contributed by atoms with Crippen LogP contribution >= 0.6 is 0 Å². The lowest BCUT2D eigenvalue weighted by molar-refractivity contribution is -0.126. The van der Waals surface area contributed by atoms with Gasteiger partial charge in [0, 0.05) is 6.54 Å². The molecule has 24 heavy (non-hydrogen) atoms. The predicted molar refractivity (Wildman–Crippen MR) is 99.2 cm³/mol. The fraction of sp³-hybridized carbons (Fsp3) is 0.632. The van der Waals surface area contributed by atoms with Crippen LogP contribution in [0.1, 0.15) is 52.1 Å². The Labute approximate surface area is 146 Å². The standard InChI is InChI=1S/C19H33N3O2/c1-6-12-19(4,20)18(23)21-14-17(22(7-2)8-3)15-10-9-11-16(13-15)24-5/h9-11,13,17H,6-8,12,14,20H2,1-5H3,(H,21,23). The number of amides is 1. The second kappa shape index (κ2) is 9.64. The van der Waals surface area contributed by atoms with E-state index in [1.54, 1.807) is 14.0 Å². The highest BCUT2D eigenvalue weighted by molar-refractivity contribution is 5.85. The molecule has 0 heterocycles. The minimum Gasteiger partial charge on any atom is -0.497 e. The number of likely N-dealkylation sites (N-methyl/N-ethyl adjacent to an activating group) is 1. The van der Waals surface area contributed by atoms with Crippen LogP contribution < -0.4 is 15.8 Å². The zero-order valence-electron chi connectivity index (χ0n) is 15.8. The van der Waals surface area contributed by atoms with Crippen molar-refractivity contribution >= 4 is 5.91 Å². The van der Waals surface area contributed by atoms with Crippen LogP contribution in [0.3, 0.4) is 0 Å². The molecule has 2 unspecified atom stereocenters. The van der Waals surface area contributed by atoms with Crippen molar-refractivity contribution in [3.63, 3.8) is 0 Å². The summed E-state index contributed by atoms with van der Waals surface area (Å²) in [5.41, 5.74) is 6.45. The Morgan fingerprint density at radius 3 is 2.54 bits per heavy atom. The molecule has 0 radical (unpaired) electrons. The number of nitrogens with zero attached hydrogens (tertiary/aromatic N) is 1. The Bertz CT molecular complexity index is 513. The molecular formula is C19H33N3O2. The molecule has 1 amide bonds. The monoisotopic (exact) mass is 335 g/mol. The summed E-state index contributed by atoms with van der Waals surface area (Å²) >= 11 is 0. The molecule has 0 fully saturated rings. The van der Waals surface area contributed by atoms with Crippen LogP contribution in [0.15, 0.2) is 24.3 Å². The third-order valence-corrected chi connectivity index (χ3v) is 4.48. The molecule has 0 spiro atoms. The molecular weight excluding hydrogens is 302 g/mol. The van der Waals surface area contributed by atoms with E-state index < -0.39 is 5.54 Å². The molecule has 0 bridgehead atoms. The van der Waals surface area contributed by atoms with E-state index >= 15 is 0 Å². The van der Waals surface area contributed by atoms with Gasteiger partial charge in [0.1, 0.15) is 5.75 Å². The van der Waals surface area contributed by atoms with Crippen molar-refractivity contribution in [2.45, 2.75) is 52.1 Å². The van der Waals surface area contributed by atoms with E-state index in [9.17, 15) is 4.79 Å². The first-order valence-corrected chi connectivity index (χ1v) is 8.84. The highest BCUT2D eigenvalue weighted by Crippen LogP contribution is 2.24. The molecule has 0 saturated carbocycles. The highest BCUT2D eigenvalue weighted by Gasteiger charge is 2.28. The van der Waals surface area contributed by atoms with Crippen molar-refractivity contribution in [2.24, 2.45) is 5.73 Å². The molecule has 1 aromatic carbocycles. The summed E-state index contributed by atoms with van der Waals surface area (Å²) in [6, 6.07) is 8.11. The number of rotatable bonds is 10. The molecule has 136 valence electrons. The lowest BCUT2D eigenvalue weighted by Crippen LogP contribution is -2.53. The van der Waals surface area contributed by atoms with E-state index in [2.05, 4.69) is 30.1 Å². The predicted octanol–water partition coefficient (Wildman–Crippen LogP) is 2.71. The van der Waals surface area contributed by atoms with Crippen LogP contribution in [0.4, 0.5) is 0 Å². The lowest BCUT2D eigenvalue weighted by Gasteiger charge is -2.32. The van der Waals surface area contributed by atoms with Crippen LogP contribution in [0, 0.1) is 0 Å². The zero-order chi connectivity index (χ0) is 18.2. The van der Waals surface area contributed by atoms with Crippen LogP contribution in [-0.4, -0.2) is 43.1 Å². The third kappa shape index (κ3) is 5.49. The quantitative estimate of drug-likeness (QED) is 0.690. The first kappa shape index (κ1) is 20.5. The van der Waals surface area contributed by atoms with E-state index in [1.807, 2.05) is 25.1 Å². The third-order valence-electron chi connectivity index (χ3n) is 4.48. The van der Waals surface area contributed by atoms with Gasteiger partial charge < -0.3 is 15.8 Å². The average Bonchev–Trinajstić information content (AvgIpc) is 2.58. The summed E-state index contributed by atoms with van der Waals surface area (Å²) in [5.74, 6) is 0.732. The Kier molecular flexibility index (Phi) is 8.22. The summed E-state index contributed by atoms with van der Waals surface area (Å²) in [7, 11) is 1.66. The van der Waals surface area contributed by atoms with E-state index in [-0.39, 0.29) is 11.9 Å². The Morgan fingerprint density at radius 2 is 2.00 bits per heavy atom. The second-order valence-corrected chi connectivity index (χ2v) is 6.39. The average molecular weight is 335 g/mol. The number of hydrogen-bond donors (Lipinski definition) is 2. The fourth-order valence-corrected chi connectivity index (χ4v) is 3.00. The van der Waals surface area contributed by atoms with E-state index in [1.165, 1.54) is 0 Å². The Balaban J connectivity index is 2.93. The van der Waals surface area contributed by atoms with E-state index in [4.69, 9.17) is 10.5 Å². The summed E-state index contributed by atoms with van der Waals surface area (Å²) in [6.45, 7) is 10.4. The highest BCUT2D eigenvalue weighted by atomic mass is 16.5. The van der Waals surface area contributed by atoms with Gasteiger partial charge in [0.15, 0.2) is 0 Å². The summed E-state index contributed by atoms with van der Waals surface area (Å²) in [4.78, 5) is 14.8. The fourth-order valence-electron chi connectivity index (χ4n) is 3.00. The number of benzene rings is 1. The maximum absolute atomic E-state index is 12.4. The molecule has 2 atom stereocenters. The van der Waals surface area contributed by atoms with Crippen LogP contribution in [0.2, 0.25) is 0 Å². The van der Waals surface area contributed by atoms with Crippen LogP contribution in [0.5, 0.6) is 5.75 Å². The minimum atomic E-state index is -0.822. The van der Waals surface area contributed by atoms with Gasteiger partial charge in [0.05, 0.1) is 18.7 Å². The Hall–Kier alpha value is -1.59. The van der Waals surface area contributed by atoms with E-state index in [0.29, 0.717) is 13.0 Å². The molecule has 0 aliphatic heterocycles. The Morgan fingerprint density at radius 1 is 1.33 bits per heavy atom. The lowest BCUT2D eigenvalue weighted by atomic mass is 9.96. The van der Waals surface area contributed by atoms with Gasteiger partial charge in [-0.1, -0.05) is 39.3 Å². The maximum atomic E-state index is 12.4. The van der Waals surface area contributed by atoms with Gasteiger partial charge in [0.25, 0.3) is 0 Å². The number of hydrogen-bond acceptors (Lipinski definition) is 4. The second-order valence-electron chi connectivity index (χ2n) is 6.39. The van der Waals surface area contributed by atoms with Gasteiger partial charge in [-0.3, -0.25) is 9.69 Å². The molecule has 1 aromatic rings. The summed E-state index contributed by atoms with van der Waals surface area (Å²) < 4.78 is 5.34. The number of carbonyl (C=O) groups is 1. The largest absolute Gasteiger partial charge is 0.497 e. The molecule has 5 nitrogen and oxygen atoms in total. The SMILES string of the molecule is CCCC(C)(N)C(=O)NCC(c1cccc(OC)c1)N(CC)CC. The van der Waals surface area contributed by atoms with Crippen LogP contribution in [-0.2, 0) is 4.79 Å². The normalized spacial score (nSPS) is 15.0. The molecule has 0 saturated heterocycles. The van der Waals surface area contributed by atoms with Gasteiger partial charge in [-0.25, -0.2) is 0 Å². The van der Waals surface area contributed by atoms with E-state index in [0.717, 1.165) is 30.8 Å². The smallest absolute Gasteiger partial charge is 0.239 e. The number of nitrogens with two attached hydrogens (primary N) is 1. The summed E-state index contributed by atoms with van der Waals surface area (Å²) in [6.07, 6.45) is 1.56. The van der Waals surface area contributed by atoms with Gasteiger partial charge in [-0.2, -0.15) is 0 Å². The van der Waals surface area contributed by atoms with Crippen molar-refractivity contribution in [3.05, 3.63) is 29.8 Å².